The summed E-state index contributed by atoms with van der Waals surface area (Å²) in [5.74, 6) is 0. The number of nitrogens with zero attached hydrogens (tertiary/aromatic N) is 2. The number of fused-ring (bicyclic) bond motifs is 18. The van der Waals surface area contributed by atoms with Gasteiger partial charge in [-0.2, -0.15) is 0 Å². The average molecular weight is 829 g/mol. The number of benzene rings is 11. The molecule has 0 fully saturated rings. The maximum absolute atomic E-state index is 2.69. The molecule has 2 nitrogen and oxygen atoms in total. The van der Waals surface area contributed by atoms with Crippen LogP contribution in [0.1, 0.15) is 47.9 Å². The van der Waals surface area contributed by atoms with Crippen LogP contribution in [0.4, 0.5) is 34.1 Å². The van der Waals surface area contributed by atoms with Crippen LogP contribution in [0.15, 0.2) is 176 Å². The zero-order valence-corrected chi connectivity index (χ0v) is 36.4. The van der Waals surface area contributed by atoms with Crippen molar-refractivity contribution in [3.63, 3.8) is 0 Å². The Morgan fingerprint density at radius 3 is 0.954 bits per heavy atom. The molecular weight excluding hydrogens is 784 g/mol. The van der Waals surface area contributed by atoms with Gasteiger partial charge in [0.15, 0.2) is 0 Å². The molecule has 15 rings (SSSR count). The van der Waals surface area contributed by atoms with Crippen LogP contribution in [0.2, 0.25) is 0 Å². The van der Waals surface area contributed by atoms with Crippen molar-refractivity contribution in [2.24, 2.45) is 0 Å². The molecule has 0 saturated heterocycles. The van der Waals surface area contributed by atoms with E-state index in [1.807, 2.05) is 0 Å². The molecule has 11 aromatic carbocycles. The van der Waals surface area contributed by atoms with Crippen LogP contribution in [0.3, 0.4) is 0 Å². The molecule has 65 heavy (non-hydrogen) atoms. The molecule has 0 saturated carbocycles. The minimum absolute atomic E-state index is 0.0956. The summed E-state index contributed by atoms with van der Waals surface area (Å²) in [6.45, 7) is 0.0956. The fourth-order valence-electron chi connectivity index (χ4n) is 13.2. The smallest absolute Gasteiger partial charge is 0.252 e. The molecule has 4 aliphatic rings. The van der Waals surface area contributed by atoms with Gasteiger partial charge >= 0.3 is 0 Å². The van der Waals surface area contributed by atoms with Gasteiger partial charge in [-0.3, -0.25) is 0 Å². The molecular formula is C62H45BN2. The van der Waals surface area contributed by atoms with Crippen molar-refractivity contribution < 1.29 is 0 Å². The van der Waals surface area contributed by atoms with E-state index in [1.54, 1.807) is 11.1 Å². The Hall–Kier alpha value is -7.36. The quantitative estimate of drug-likeness (QED) is 0.127. The van der Waals surface area contributed by atoms with Crippen molar-refractivity contribution >= 4 is 122 Å². The van der Waals surface area contributed by atoms with Crippen LogP contribution >= 0.6 is 0 Å². The molecule has 0 spiro atoms. The maximum Gasteiger partial charge on any atom is 0.252 e. The van der Waals surface area contributed by atoms with E-state index >= 15 is 0 Å². The Bertz CT molecular complexity index is 3540. The largest absolute Gasteiger partial charge is 0.311 e. The van der Waals surface area contributed by atoms with Gasteiger partial charge < -0.3 is 9.80 Å². The van der Waals surface area contributed by atoms with Crippen LogP contribution in [0, 0.1) is 0 Å². The Balaban J connectivity index is 1.09. The van der Waals surface area contributed by atoms with Gasteiger partial charge in [-0.25, -0.2) is 0 Å². The predicted molar refractivity (Wildman–Crippen MR) is 279 cm³/mol. The van der Waals surface area contributed by atoms with Crippen molar-refractivity contribution in [2.75, 3.05) is 9.80 Å². The van der Waals surface area contributed by atoms with Gasteiger partial charge in [0.1, 0.15) is 0 Å². The zero-order chi connectivity index (χ0) is 42.3. The predicted octanol–water partition coefficient (Wildman–Crippen LogP) is 14.4. The molecule has 0 unspecified atom stereocenters. The van der Waals surface area contributed by atoms with E-state index in [4.69, 9.17) is 0 Å². The summed E-state index contributed by atoms with van der Waals surface area (Å²) in [5, 5.41) is 15.7. The van der Waals surface area contributed by atoms with Gasteiger partial charge in [0, 0.05) is 33.5 Å². The van der Waals surface area contributed by atoms with E-state index < -0.39 is 0 Å². The third-order valence-electron chi connectivity index (χ3n) is 15.9. The van der Waals surface area contributed by atoms with Crippen LogP contribution in [0.5, 0.6) is 0 Å². The first-order valence-corrected chi connectivity index (χ1v) is 24.0. The highest BCUT2D eigenvalue weighted by Crippen LogP contribution is 2.51. The number of hydrogen-bond donors (Lipinski definition) is 0. The number of rotatable bonds is 2. The van der Waals surface area contributed by atoms with Crippen molar-refractivity contribution in [3.05, 3.63) is 198 Å². The lowest BCUT2D eigenvalue weighted by Crippen LogP contribution is -2.61. The Morgan fingerprint density at radius 1 is 0.277 bits per heavy atom. The van der Waals surface area contributed by atoms with E-state index in [9.17, 15) is 0 Å². The molecule has 0 radical (unpaired) electrons. The van der Waals surface area contributed by atoms with Crippen molar-refractivity contribution in [1.82, 2.24) is 0 Å². The van der Waals surface area contributed by atoms with Crippen LogP contribution in [0.25, 0.3) is 64.6 Å². The third-order valence-corrected chi connectivity index (χ3v) is 15.9. The molecule has 0 atom stereocenters. The van der Waals surface area contributed by atoms with Gasteiger partial charge in [0.2, 0.25) is 0 Å². The summed E-state index contributed by atoms with van der Waals surface area (Å²) in [6, 6.07) is 68.1. The SMILES string of the molecule is c1cc2c3c(c1)N(c1cccc4c5ccccc5c5ccccc5c14)c1cc4c(cc1B3c1cc3c(cc1N2c1cccc2c5ccccc5c5ccccc5c12)CCCC3)CCCC4. The lowest BCUT2D eigenvalue weighted by Gasteiger charge is -2.45. The fourth-order valence-corrected chi connectivity index (χ4v) is 13.2. The minimum atomic E-state index is 0.0956. The molecule has 0 bridgehead atoms. The van der Waals surface area contributed by atoms with E-state index in [1.165, 1.54) is 152 Å². The zero-order valence-electron chi connectivity index (χ0n) is 36.4. The van der Waals surface area contributed by atoms with Gasteiger partial charge in [0.25, 0.3) is 6.71 Å². The topological polar surface area (TPSA) is 6.48 Å². The molecule has 3 heteroatoms. The summed E-state index contributed by atoms with van der Waals surface area (Å²) in [4.78, 5) is 5.38. The number of hydrogen-bond acceptors (Lipinski definition) is 2. The lowest BCUT2D eigenvalue weighted by atomic mass is 9.33. The van der Waals surface area contributed by atoms with E-state index in [0.29, 0.717) is 0 Å². The highest BCUT2D eigenvalue weighted by molar-refractivity contribution is 7.00. The third kappa shape index (κ3) is 4.96. The van der Waals surface area contributed by atoms with Crippen LogP contribution in [-0.2, 0) is 25.7 Å². The second-order valence-electron chi connectivity index (χ2n) is 19.2. The molecule has 306 valence electrons. The summed E-state index contributed by atoms with van der Waals surface area (Å²) in [5.41, 5.74) is 18.2. The summed E-state index contributed by atoms with van der Waals surface area (Å²) >= 11 is 0. The van der Waals surface area contributed by atoms with Gasteiger partial charge in [-0.15, -0.1) is 0 Å². The maximum atomic E-state index is 2.69. The average Bonchev–Trinajstić information content (AvgIpc) is 3.37. The van der Waals surface area contributed by atoms with E-state index in [2.05, 4.69) is 186 Å². The Kier molecular flexibility index (Phi) is 7.53. The standard InChI is InChI=1S/C62H45BN2/c1-3-18-40-36-58-52(34-38(40)16-1)63-53-35-39-17-2-4-19-41(39)37-59(53)65(55-31-14-29-51-47-23-8-6-21-43(47)45-25-10-12-27-49(45)61(51)55)57-33-15-32-56(62(57)63)64(58)54-30-13-28-50-46-22-7-5-20-42(46)44-24-9-11-26-48(44)60(50)54/h5-15,20-37H,1-4,16-19H2. The lowest BCUT2D eigenvalue weighted by molar-refractivity contribution is 0.686. The van der Waals surface area contributed by atoms with Gasteiger partial charge in [-0.05, 0) is 180 Å². The minimum Gasteiger partial charge on any atom is -0.311 e. The van der Waals surface area contributed by atoms with Gasteiger partial charge in [-0.1, -0.05) is 140 Å². The number of anilines is 6. The van der Waals surface area contributed by atoms with Crippen LogP contribution < -0.4 is 26.2 Å². The highest BCUT2D eigenvalue weighted by atomic mass is 15.2. The van der Waals surface area contributed by atoms with Crippen LogP contribution in [-0.4, -0.2) is 6.71 Å². The molecule has 2 aliphatic carbocycles. The summed E-state index contributed by atoms with van der Waals surface area (Å²) in [6.07, 6.45) is 9.58. The van der Waals surface area contributed by atoms with E-state index in [0.717, 1.165) is 25.7 Å². The van der Waals surface area contributed by atoms with Crippen molar-refractivity contribution in [1.29, 1.82) is 0 Å². The molecule has 2 aliphatic heterocycles. The second kappa shape index (κ2) is 13.6. The van der Waals surface area contributed by atoms with Crippen molar-refractivity contribution in [2.45, 2.75) is 51.4 Å². The highest BCUT2D eigenvalue weighted by Gasteiger charge is 2.45. The van der Waals surface area contributed by atoms with Crippen molar-refractivity contribution in [3.8, 4) is 0 Å². The Morgan fingerprint density at radius 2 is 0.569 bits per heavy atom. The molecule has 0 aromatic heterocycles. The first-order chi connectivity index (χ1) is 32.3. The molecule has 2 heterocycles. The first kappa shape index (κ1) is 36.0. The molecule has 0 N–H and O–H groups in total. The Labute approximate surface area is 379 Å². The summed E-state index contributed by atoms with van der Waals surface area (Å²) in [7, 11) is 0. The monoisotopic (exact) mass is 828 g/mol. The van der Waals surface area contributed by atoms with E-state index in [-0.39, 0.29) is 6.71 Å². The molecule has 11 aromatic rings. The van der Waals surface area contributed by atoms with Gasteiger partial charge in [0.05, 0.1) is 11.4 Å². The summed E-state index contributed by atoms with van der Waals surface area (Å²) < 4.78 is 0. The number of aryl methyl sites for hydroxylation is 4. The normalized spacial score (nSPS) is 15.1. The first-order valence-electron chi connectivity index (χ1n) is 24.0. The fraction of sp³-hybridized carbons (Fsp3) is 0.129. The second-order valence-corrected chi connectivity index (χ2v) is 19.2. The molecule has 0 amide bonds.